The Morgan fingerprint density at radius 1 is 0.894 bits per heavy atom. The first-order chi connectivity index (χ1) is 22.4. The highest BCUT2D eigenvalue weighted by Gasteiger charge is 2.68. The Morgan fingerprint density at radius 2 is 1.53 bits per heavy atom. The van der Waals surface area contributed by atoms with E-state index in [4.69, 9.17) is 21.1 Å². The number of aromatic hydroxyl groups is 1. The number of methoxy groups -OCH3 is 2. The lowest BCUT2D eigenvalue weighted by atomic mass is 9.51. The summed E-state index contributed by atoms with van der Waals surface area (Å²) in [6.07, 6.45) is 2.29. The highest BCUT2D eigenvalue weighted by atomic mass is 127. The van der Waals surface area contributed by atoms with Gasteiger partial charge in [0, 0.05) is 27.2 Å². The second kappa shape index (κ2) is 11.3. The lowest BCUT2D eigenvalue weighted by Gasteiger charge is -2.49. The van der Waals surface area contributed by atoms with Gasteiger partial charge in [0.25, 0.3) is 0 Å². The summed E-state index contributed by atoms with van der Waals surface area (Å²) in [5.41, 5.74) is 0.324. The Labute approximate surface area is 288 Å². The molecule has 7 rings (SSSR count). The first kappa shape index (κ1) is 31.6. The lowest BCUT2D eigenvalue weighted by molar-refractivity contribution is -0.131. The molecule has 9 nitrogen and oxygen atoms in total. The van der Waals surface area contributed by atoms with Crippen molar-refractivity contribution in [3.05, 3.63) is 86.2 Å². The monoisotopic (exact) mass is 770 g/mol. The van der Waals surface area contributed by atoms with Crippen molar-refractivity contribution in [1.82, 2.24) is 0 Å². The summed E-state index contributed by atoms with van der Waals surface area (Å²) in [5.74, 6) is -5.89. The van der Waals surface area contributed by atoms with E-state index in [1.165, 1.54) is 43.4 Å². The number of anilines is 2. The molecule has 0 radical (unpaired) electrons. The molecule has 4 amide bonds. The van der Waals surface area contributed by atoms with Gasteiger partial charge in [0.15, 0.2) is 0 Å². The molecule has 6 atom stereocenters. The second-order valence-corrected chi connectivity index (χ2v) is 14.2. The number of halogens is 3. The van der Waals surface area contributed by atoms with E-state index in [2.05, 4.69) is 22.6 Å². The maximum atomic E-state index is 14.7. The number of rotatable bonds is 5. The maximum absolute atomic E-state index is 14.7. The molecule has 1 N–H and O–H groups in total. The maximum Gasteiger partial charge on any atom is 0.241 e. The summed E-state index contributed by atoms with van der Waals surface area (Å²) >= 11 is 8.25. The molecule has 2 aliphatic carbocycles. The molecule has 0 unspecified atom stereocenters. The van der Waals surface area contributed by atoms with Crippen LogP contribution < -0.4 is 19.3 Å². The van der Waals surface area contributed by atoms with Crippen LogP contribution in [0.1, 0.15) is 31.2 Å². The molecule has 12 heteroatoms. The van der Waals surface area contributed by atoms with Crippen molar-refractivity contribution in [3.63, 3.8) is 0 Å². The summed E-state index contributed by atoms with van der Waals surface area (Å²) in [6, 6.07) is 13.6. The average molecular weight is 771 g/mol. The Bertz CT molecular complexity index is 1890. The van der Waals surface area contributed by atoms with Gasteiger partial charge in [-0.1, -0.05) is 23.3 Å². The third-order valence-corrected chi connectivity index (χ3v) is 11.3. The average Bonchev–Trinajstić information content (AvgIpc) is 3.42. The van der Waals surface area contributed by atoms with Crippen LogP contribution in [0.4, 0.5) is 15.8 Å². The fraction of sp³-hybridized carbons (Fsp3) is 0.314. The smallest absolute Gasteiger partial charge is 0.241 e. The van der Waals surface area contributed by atoms with Gasteiger partial charge in [0.05, 0.1) is 53.8 Å². The molecule has 2 saturated heterocycles. The third-order valence-electron chi connectivity index (χ3n) is 10.3. The van der Waals surface area contributed by atoms with E-state index in [0.717, 1.165) is 20.1 Å². The molecular formula is C35H29ClFIN2O7. The summed E-state index contributed by atoms with van der Waals surface area (Å²) in [4.78, 5) is 59.5. The van der Waals surface area contributed by atoms with Gasteiger partial charge in [0.1, 0.15) is 23.1 Å². The van der Waals surface area contributed by atoms with E-state index >= 15 is 0 Å². The molecule has 2 heterocycles. The Hall–Kier alpha value is -3.97. The molecule has 3 aromatic carbocycles. The number of ether oxygens (including phenoxy) is 2. The van der Waals surface area contributed by atoms with Crippen LogP contribution in [0.15, 0.2) is 66.2 Å². The van der Waals surface area contributed by atoms with Crippen molar-refractivity contribution >= 4 is 69.2 Å². The molecule has 47 heavy (non-hydrogen) atoms. The number of nitrogens with zero attached hydrogens (tertiary/aromatic N) is 2. The van der Waals surface area contributed by atoms with Crippen LogP contribution in [0, 0.1) is 38.5 Å². The normalized spacial score (nSPS) is 28.2. The zero-order chi connectivity index (χ0) is 33.5. The van der Waals surface area contributed by atoms with Crippen LogP contribution in [0.5, 0.6) is 17.2 Å². The Kier molecular flexibility index (Phi) is 7.62. The van der Waals surface area contributed by atoms with Crippen molar-refractivity contribution in [3.8, 4) is 17.2 Å². The number of phenolic OH excluding ortho intramolecular Hbond substituents is 1. The summed E-state index contributed by atoms with van der Waals surface area (Å²) in [7, 11) is 2.85. The van der Waals surface area contributed by atoms with E-state index in [1.807, 2.05) is 18.2 Å². The molecular weight excluding hydrogens is 742 g/mol. The minimum Gasteiger partial charge on any atom is -0.508 e. The molecule has 3 aromatic rings. The predicted molar refractivity (Wildman–Crippen MR) is 179 cm³/mol. The van der Waals surface area contributed by atoms with Crippen molar-refractivity contribution in [2.24, 2.45) is 29.1 Å². The number of fused-ring (bicyclic) bond motifs is 4. The molecule has 0 spiro atoms. The zero-order valence-corrected chi connectivity index (χ0v) is 28.4. The minimum atomic E-state index is -1.42. The fourth-order valence-corrected chi connectivity index (χ4v) is 8.78. The molecule has 2 aliphatic heterocycles. The van der Waals surface area contributed by atoms with Gasteiger partial charge in [0.2, 0.25) is 23.6 Å². The first-order valence-corrected chi connectivity index (χ1v) is 16.5. The number of hydrogen-bond acceptors (Lipinski definition) is 7. The van der Waals surface area contributed by atoms with Crippen LogP contribution in [0.25, 0.3) is 0 Å². The highest BCUT2D eigenvalue weighted by molar-refractivity contribution is 14.1. The van der Waals surface area contributed by atoms with E-state index in [9.17, 15) is 28.7 Å². The number of carbonyl (C=O) groups is 4. The summed E-state index contributed by atoms with van der Waals surface area (Å²) in [5, 5.41) is 10.3. The van der Waals surface area contributed by atoms with E-state index in [-0.39, 0.29) is 52.6 Å². The van der Waals surface area contributed by atoms with Gasteiger partial charge in [-0.25, -0.2) is 9.29 Å². The van der Waals surface area contributed by atoms with E-state index < -0.39 is 52.6 Å². The molecule has 0 aromatic heterocycles. The third kappa shape index (κ3) is 4.52. The fourth-order valence-electron chi connectivity index (χ4n) is 8.25. The van der Waals surface area contributed by atoms with Crippen molar-refractivity contribution < 1.29 is 38.1 Å². The first-order valence-electron chi connectivity index (χ1n) is 15.0. The van der Waals surface area contributed by atoms with Gasteiger partial charge >= 0.3 is 0 Å². The van der Waals surface area contributed by atoms with Crippen LogP contribution in [-0.2, 0) is 19.2 Å². The number of phenols is 1. The van der Waals surface area contributed by atoms with Gasteiger partial charge < -0.3 is 14.6 Å². The van der Waals surface area contributed by atoms with Gasteiger partial charge in [-0.05, 0) is 90.7 Å². The van der Waals surface area contributed by atoms with Crippen molar-refractivity contribution in [2.75, 3.05) is 24.0 Å². The van der Waals surface area contributed by atoms with Crippen molar-refractivity contribution in [1.29, 1.82) is 0 Å². The summed E-state index contributed by atoms with van der Waals surface area (Å²) in [6.45, 7) is 1.71. The predicted octanol–water partition coefficient (Wildman–Crippen LogP) is 6.24. The van der Waals surface area contributed by atoms with Gasteiger partial charge in [-0.2, -0.15) is 0 Å². The van der Waals surface area contributed by atoms with E-state index in [1.54, 1.807) is 19.1 Å². The van der Waals surface area contributed by atoms with Crippen LogP contribution >= 0.6 is 34.2 Å². The SMILES string of the molecule is COc1cc(O)cc(OC)c1[C@H]1C2=CC[C@@H]3C(=O)N(c4ccc(I)cc4)C(=O)[C@@H]3[C@@H]2C[C@H]2C(=O)N(c3ccc(F)c(Cl)c3)C(=O)[C@@]12C. The molecule has 242 valence electrons. The second-order valence-electron chi connectivity index (χ2n) is 12.5. The van der Waals surface area contributed by atoms with Gasteiger partial charge in [-0.3, -0.25) is 24.1 Å². The molecule has 1 saturated carbocycles. The largest absolute Gasteiger partial charge is 0.508 e. The van der Waals surface area contributed by atoms with Crippen LogP contribution in [0.2, 0.25) is 5.02 Å². The highest BCUT2D eigenvalue weighted by Crippen LogP contribution is 2.65. The van der Waals surface area contributed by atoms with Crippen LogP contribution in [-0.4, -0.2) is 43.0 Å². The molecule has 4 aliphatic rings. The Morgan fingerprint density at radius 3 is 2.15 bits per heavy atom. The topological polar surface area (TPSA) is 113 Å². The number of carbonyl (C=O) groups excluding carboxylic acids is 4. The lowest BCUT2D eigenvalue weighted by Crippen LogP contribution is -2.49. The number of imide groups is 2. The van der Waals surface area contributed by atoms with E-state index in [0.29, 0.717) is 11.3 Å². The Balaban J connectivity index is 1.42. The summed E-state index contributed by atoms with van der Waals surface area (Å²) < 4.78 is 26.6. The molecule has 3 fully saturated rings. The number of allylic oxidation sites excluding steroid dienone is 2. The van der Waals surface area contributed by atoms with Crippen LogP contribution in [0.3, 0.4) is 0 Å². The number of amides is 4. The standard InChI is InChI=1S/C35H29ClFIN2O7/c1-35-23(32(43)40(34(35)45)18-8-11-25(37)24(36)12-18)15-22-20(30(35)29-26(46-2)13-19(41)14-27(29)47-3)9-10-21-28(22)33(44)39(31(21)42)17-6-4-16(38)5-7-17/h4-9,11-14,21-23,28,30,41H,10,15H2,1-3H3/t21-,22+,23-,28-,30+,35+/m0/s1. The number of hydrogen-bond donors (Lipinski definition) is 1. The van der Waals surface area contributed by atoms with Crippen molar-refractivity contribution in [2.45, 2.75) is 25.7 Å². The zero-order valence-electron chi connectivity index (χ0n) is 25.5. The minimum absolute atomic E-state index is 0.122. The number of benzene rings is 3. The molecule has 0 bridgehead atoms. The van der Waals surface area contributed by atoms with Gasteiger partial charge in [-0.15, -0.1) is 0 Å². The quantitative estimate of drug-likeness (QED) is 0.186.